The molecule has 24 heavy (non-hydrogen) atoms. The quantitative estimate of drug-likeness (QED) is 0.543. The number of nitrogens with one attached hydrogen (secondary N) is 1. The third-order valence-electron chi connectivity index (χ3n) is 3.65. The number of nitro groups is 1. The zero-order chi connectivity index (χ0) is 17.1. The molecule has 0 spiro atoms. The van der Waals surface area contributed by atoms with Crippen molar-refractivity contribution in [2.75, 3.05) is 0 Å². The van der Waals surface area contributed by atoms with Crippen LogP contribution in [0.15, 0.2) is 51.5 Å². The van der Waals surface area contributed by atoms with Gasteiger partial charge in [-0.3, -0.25) is 10.1 Å². The van der Waals surface area contributed by atoms with Crippen molar-refractivity contribution in [2.24, 2.45) is 0 Å². The maximum Gasteiger partial charge on any atom is 0.269 e. The summed E-state index contributed by atoms with van der Waals surface area (Å²) in [5, 5.41) is 14.0. The van der Waals surface area contributed by atoms with Crippen molar-refractivity contribution in [2.45, 2.75) is 26.4 Å². The Bertz CT molecular complexity index is 836. The number of nitrogens with zero attached hydrogens (tertiary/aromatic N) is 2. The number of oxazole rings is 1. The van der Waals surface area contributed by atoms with Crippen molar-refractivity contribution in [3.05, 3.63) is 70.0 Å². The fourth-order valence-corrected chi connectivity index (χ4v) is 2.29. The lowest BCUT2D eigenvalue weighted by Gasteiger charge is -2.09. The van der Waals surface area contributed by atoms with E-state index in [1.165, 1.54) is 12.1 Å². The fraction of sp³-hybridized carbons (Fsp3) is 0.235. The first-order chi connectivity index (χ1) is 11.5. The van der Waals surface area contributed by atoms with Crippen LogP contribution in [0.5, 0.6) is 0 Å². The molecule has 2 heterocycles. The molecule has 7 nitrogen and oxygen atoms in total. The molecule has 7 heteroatoms. The number of hydrogen-bond acceptors (Lipinski definition) is 6. The first-order valence-corrected chi connectivity index (χ1v) is 7.52. The minimum absolute atomic E-state index is 0.0368. The smallest absolute Gasteiger partial charge is 0.269 e. The summed E-state index contributed by atoms with van der Waals surface area (Å²) in [4.78, 5) is 14.6. The Morgan fingerprint density at radius 3 is 2.62 bits per heavy atom. The van der Waals surface area contributed by atoms with Crippen molar-refractivity contribution < 1.29 is 13.8 Å². The van der Waals surface area contributed by atoms with Gasteiger partial charge in [0.05, 0.1) is 16.7 Å². The zero-order valence-corrected chi connectivity index (χ0v) is 13.4. The van der Waals surface area contributed by atoms with Crippen molar-refractivity contribution in [3.63, 3.8) is 0 Å². The average molecular weight is 327 g/mol. The molecule has 0 saturated carbocycles. The van der Waals surface area contributed by atoms with Gasteiger partial charge >= 0.3 is 0 Å². The van der Waals surface area contributed by atoms with Crippen molar-refractivity contribution in [3.8, 4) is 11.5 Å². The first kappa shape index (κ1) is 15.9. The van der Waals surface area contributed by atoms with Crippen LogP contribution in [0.2, 0.25) is 0 Å². The third kappa shape index (κ3) is 3.52. The molecule has 1 atom stereocenters. The van der Waals surface area contributed by atoms with Crippen molar-refractivity contribution >= 4 is 5.69 Å². The summed E-state index contributed by atoms with van der Waals surface area (Å²) in [6, 6.07) is 10.0. The molecule has 124 valence electrons. The van der Waals surface area contributed by atoms with E-state index in [0.29, 0.717) is 18.0 Å². The molecule has 1 aromatic carbocycles. The Morgan fingerprint density at radius 2 is 2.00 bits per heavy atom. The number of aromatic nitrogens is 1. The summed E-state index contributed by atoms with van der Waals surface area (Å²) < 4.78 is 11.0. The monoisotopic (exact) mass is 327 g/mol. The van der Waals surface area contributed by atoms with Gasteiger partial charge in [-0.25, -0.2) is 4.98 Å². The second-order valence-electron chi connectivity index (χ2n) is 5.50. The van der Waals surface area contributed by atoms with Gasteiger partial charge in [-0.15, -0.1) is 0 Å². The molecule has 0 aliphatic carbocycles. The van der Waals surface area contributed by atoms with Crippen LogP contribution < -0.4 is 5.32 Å². The van der Waals surface area contributed by atoms with Crippen LogP contribution in [-0.4, -0.2) is 9.91 Å². The molecule has 0 radical (unpaired) electrons. The first-order valence-electron chi connectivity index (χ1n) is 7.52. The van der Waals surface area contributed by atoms with Gasteiger partial charge in [0.2, 0.25) is 5.89 Å². The van der Waals surface area contributed by atoms with E-state index in [0.717, 1.165) is 17.2 Å². The molecule has 1 unspecified atom stereocenters. The van der Waals surface area contributed by atoms with Crippen LogP contribution in [0.3, 0.4) is 0 Å². The highest BCUT2D eigenvalue weighted by Crippen LogP contribution is 2.22. The normalized spacial score (nSPS) is 12.2. The molecule has 0 aliphatic rings. The number of furan rings is 1. The largest absolute Gasteiger partial charge is 0.465 e. The average Bonchev–Trinajstić information content (AvgIpc) is 3.22. The van der Waals surface area contributed by atoms with Gasteiger partial charge < -0.3 is 14.2 Å². The minimum atomic E-state index is -0.438. The van der Waals surface area contributed by atoms with Gasteiger partial charge in [-0.2, -0.15) is 0 Å². The Balaban J connectivity index is 1.64. The molecular weight excluding hydrogens is 310 g/mol. The maximum absolute atomic E-state index is 10.7. The molecule has 0 fully saturated rings. The van der Waals surface area contributed by atoms with Gasteiger partial charge in [0, 0.05) is 24.2 Å². The maximum atomic E-state index is 10.7. The van der Waals surface area contributed by atoms with Gasteiger partial charge in [0.1, 0.15) is 17.8 Å². The summed E-state index contributed by atoms with van der Waals surface area (Å²) in [6.07, 6.45) is 1.57. The summed E-state index contributed by atoms with van der Waals surface area (Å²) in [5.41, 5.74) is 1.48. The molecule has 0 saturated heterocycles. The van der Waals surface area contributed by atoms with Crippen LogP contribution in [0.1, 0.15) is 30.2 Å². The van der Waals surface area contributed by atoms with E-state index < -0.39 is 4.92 Å². The highest BCUT2D eigenvalue weighted by atomic mass is 16.6. The number of hydrogen-bond donors (Lipinski definition) is 1. The van der Waals surface area contributed by atoms with Crippen LogP contribution in [0.25, 0.3) is 11.5 Å². The predicted octanol–water partition coefficient (Wildman–Crippen LogP) is 4.00. The number of nitro benzene ring substituents is 1. The molecule has 1 N–H and O–H groups in total. The van der Waals surface area contributed by atoms with Crippen LogP contribution in [0, 0.1) is 17.0 Å². The van der Waals surface area contributed by atoms with Crippen molar-refractivity contribution in [1.29, 1.82) is 0 Å². The highest BCUT2D eigenvalue weighted by molar-refractivity contribution is 5.55. The van der Waals surface area contributed by atoms with E-state index >= 15 is 0 Å². The topological polar surface area (TPSA) is 94.3 Å². The molecular formula is C17H17N3O4. The van der Waals surface area contributed by atoms with Gasteiger partial charge in [0.15, 0.2) is 0 Å². The lowest BCUT2D eigenvalue weighted by atomic mass is 10.2. The lowest BCUT2D eigenvalue weighted by Crippen LogP contribution is -2.17. The van der Waals surface area contributed by atoms with E-state index in [9.17, 15) is 10.1 Å². The molecule has 3 rings (SSSR count). The Kier molecular flexibility index (Phi) is 4.43. The van der Waals surface area contributed by atoms with E-state index in [1.807, 2.05) is 26.0 Å². The lowest BCUT2D eigenvalue weighted by molar-refractivity contribution is -0.384. The predicted molar refractivity (Wildman–Crippen MR) is 87.3 cm³/mol. The summed E-state index contributed by atoms with van der Waals surface area (Å²) in [7, 11) is 0. The summed E-state index contributed by atoms with van der Waals surface area (Å²) in [5.74, 6) is 2.18. The minimum Gasteiger partial charge on any atom is -0.465 e. The van der Waals surface area contributed by atoms with E-state index in [-0.39, 0.29) is 11.7 Å². The standard InChI is InChI=1S/C17H17N3O4/c1-11-3-8-16(24-11)12(2)18-9-14-10-23-17(19-14)13-4-6-15(7-5-13)20(21)22/h3-8,10,12,18H,9H2,1-2H3. The molecule has 0 aliphatic heterocycles. The Morgan fingerprint density at radius 1 is 1.25 bits per heavy atom. The summed E-state index contributed by atoms with van der Waals surface area (Å²) >= 11 is 0. The molecule has 3 aromatic rings. The molecule has 0 amide bonds. The zero-order valence-electron chi connectivity index (χ0n) is 13.4. The number of rotatable bonds is 6. The number of non-ortho nitro benzene ring substituents is 1. The third-order valence-corrected chi connectivity index (χ3v) is 3.65. The SMILES string of the molecule is Cc1ccc(C(C)NCc2coc(-c3ccc([N+](=O)[O-])cc3)n2)o1. The number of benzene rings is 1. The Labute approximate surface area is 138 Å². The number of aryl methyl sites for hydroxylation is 1. The van der Waals surface area contributed by atoms with Crippen LogP contribution in [-0.2, 0) is 6.54 Å². The molecule has 2 aromatic heterocycles. The van der Waals surface area contributed by atoms with Gasteiger partial charge in [-0.1, -0.05) is 0 Å². The van der Waals surface area contributed by atoms with E-state index in [1.54, 1.807) is 18.4 Å². The van der Waals surface area contributed by atoms with Gasteiger partial charge in [0.25, 0.3) is 5.69 Å². The summed E-state index contributed by atoms with van der Waals surface area (Å²) in [6.45, 7) is 4.44. The van der Waals surface area contributed by atoms with E-state index in [4.69, 9.17) is 8.83 Å². The fourth-order valence-electron chi connectivity index (χ4n) is 2.29. The second-order valence-corrected chi connectivity index (χ2v) is 5.50. The second kappa shape index (κ2) is 6.67. The van der Waals surface area contributed by atoms with Crippen LogP contribution >= 0.6 is 0 Å². The van der Waals surface area contributed by atoms with Crippen molar-refractivity contribution in [1.82, 2.24) is 10.3 Å². The van der Waals surface area contributed by atoms with E-state index in [2.05, 4.69) is 10.3 Å². The van der Waals surface area contributed by atoms with Crippen LogP contribution in [0.4, 0.5) is 5.69 Å². The Hall–Kier alpha value is -2.93. The molecule has 0 bridgehead atoms. The highest BCUT2D eigenvalue weighted by Gasteiger charge is 2.12. The van der Waals surface area contributed by atoms with Gasteiger partial charge in [-0.05, 0) is 38.1 Å².